The van der Waals surface area contributed by atoms with Crippen LogP contribution in [0.5, 0.6) is 17.2 Å². The van der Waals surface area contributed by atoms with Crippen LogP contribution in [0.25, 0.3) is 10.9 Å². The van der Waals surface area contributed by atoms with Gasteiger partial charge in [0.2, 0.25) is 18.6 Å². The molecule has 2 amide bonds. The fourth-order valence-corrected chi connectivity index (χ4v) is 4.88. The second kappa shape index (κ2) is 5.91. The van der Waals surface area contributed by atoms with Crippen LogP contribution in [0.4, 0.5) is 0 Å². The second-order valence-corrected chi connectivity index (χ2v) is 7.98. The highest BCUT2D eigenvalue weighted by molar-refractivity contribution is 5.97. The molecule has 0 saturated carbocycles. The van der Waals surface area contributed by atoms with Gasteiger partial charge >= 0.3 is 0 Å². The van der Waals surface area contributed by atoms with Crippen LogP contribution in [0.15, 0.2) is 36.4 Å². The van der Waals surface area contributed by atoms with Crippen LogP contribution in [0.3, 0.4) is 0 Å². The number of amides is 2. The Kier molecular flexibility index (Phi) is 3.39. The molecule has 1 fully saturated rings. The maximum atomic E-state index is 13.1. The summed E-state index contributed by atoms with van der Waals surface area (Å²) < 4.78 is 11.0. The summed E-state index contributed by atoms with van der Waals surface area (Å²) in [6, 6.07) is 9.72. The lowest BCUT2D eigenvalue weighted by Gasteiger charge is -2.46. The zero-order valence-corrected chi connectivity index (χ0v) is 16.2. The van der Waals surface area contributed by atoms with Gasteiger partial charge in [-0.3, -0.25) is 9.59 Å². The summed E-state index contributed by atoms with van der Waals surface area (Å²) in [5.41, 5.74) is 3.47. The molecule has 6 rings (SSSR count). The predicted octanol–water partition coefficient (Wildman–Crippen LogP) is 1.92. The van der Waals surface area contributed by atoms with Crippen molar-refractivity contribution >= 4 is 22.7 Å². The number of likely N-dealkylation sites (N-methyl/N-ethyl adjacent to an activating group) is 1. The number of piperazine rings is 1. The van der Waals surface area contributed by atoms with E-state index in [1.165, 1.54) is 4.90 Å². The quantitative estimate of drug-likeness (QED) is 0.645. The van der Waals surface area contributed by atoms with Gasteiger partial charge in [0.15, 0.2) is 11.5 Å². The Morgan fingerprint density at radius 1 is 1.10 bits per heavy atom. The van der Waals surface area contributed by atoms with Crippen LogP contribution < -0.4 is 9.47 Å². The Hall–Kier alpha value is -3.68. The highest BCUT2D eigenvalue weighted by atomic mass is 16.7. The minimum absolute atomic E-state index is 0.0483. The van der Waals surface area contributed by atoms with Gasteiger partial charge in [0, 0.05) is 36.1 Å². The van der Waals surface area contributed by atoms with Crippen molar-refractivity contribution in [3.63, 3.8) is 0 Å². The number of aromatic amines is 1. The molecule has 2 unspecified atom stereocenters. The van der Waals surface area contributed by atoms with E-state index in [0.717, 1.165) is 27.7 Å². The van der Waals surface area contributed by atoms with Crippen molar-refractivity contribution in [2.45, 2.75) is 18.5 Å². The first kappa shape index (κ1) is 17.2. The van der Waals surface area contributed by atoms with E-state index >= 15 is 0 Å². The summed E-state index contributed by atoms with van der Waals surface area (Å²) in [5.74, 6) is 1.27. The average molecular weight is 405 g/mol. The maximum Gasteiger partial charge on any atom is 0.245 e. The molecule has 0 aliphatic carbocycles. The summed E-state index contributed by atoms with van der Waals surface area (Å²) in [4.78, 5) is 32.7. The largest absolute Gasteiger partial charge is 0.508 e. The number of nitrogens with one attached hydrogen (secondary N) is 1. The third kappa shape index (κ3) is 2.27. The number of ether oxygens (including phenoxy) is 2. The molecule has 1 saturated heterocycles. The van der Waals surface area contributed by atoms with Gasteiger partial charge in [-0.25, -0.2) is 0 Å². The lowest BCUT2D eigenvalue weighted by Crippen LogP contribution is -2.62. The van der Waals surface area contributed by atoms with Gasteiger partial charge in [-0.15, -0.1) is 0 Å². The topological polar surface area (TPSA) is 95.1 Å². The van der Waals surface area contributed by atoms with E-state index in [4.69, 9.17) is 9.47 Å². The smallest absolute Gasteiger partial charge is 0.245 e. The standard InChI is InChI=1S/C22H19N3O5/c1-24-9-19(27)25-16(22(24)28)8-14-13-4-3-12(26)7-15(13)23-20(14)21(25)11-2-5-17-18(6-11)30-10-29-17/h2-7,16,21,23,26H,8-10H2,1H3. The normalized spacial score (nSPS) is 22.4. The first-order valence-corrected chi connectivity index (χ1v) is 9.80. The highest BCUT2D eigenvalue weighted by Crippen LogP contribution is 2.45. The zero-order chi connectivity index (χ0) is 20.6. The first-order chi connectivity index (χ1) is 14.5. The fourth-order valence-electron chi connectivity index (χ4n) is 4.88. The van der Waals surface area contributed by atoms with Crippen LogP contribution in [0.1, 0.15) is 22.9 Å². The van der Waals surface area contributed by atoms with Crippen molar-refractivity contribution in [1.29, 1.82) is 0 Å². The van der Waals surface area contributed by atoms with Crippen LogP contribution >= 0.6 is 0 Å². The Bertz CT molecular complexity index is 1230. The van der Waals surface area contributed by atoms with Gasteiger partial charge < -0.3 is 29.4 Å². The number of hydrogen-bond donors (Lipinski definition) is 2. The third-order valence-corrected chi connectivity index (χ3v) is 6.24. The Morgan fingerprint density at radius 2 is 1.93 bits per heavy atom. The first-order valence-electron chi connectivity index (χ1n) is 9.80. The minimum Gasteiger partial charge on any atom is -0.508 e. The summed E-state index contributed by atoms with van der Waals surface area (Å²) >= 11 is 0. The molecule has 0 spiro atoms. The summed E-state index contributed by atoms with van der Waals surface area (Å²) in [7, 11) is 1.66. The Labute approximate surface area is 171 Å². The molecule has 2 aromatic carbocycles. The molecule has 0 bridgehead atoms. The molecule has 8 heteroatoms. The third-order valence-electron chi connectivity index (χ3n) is 6.24. The molecule has 3 aromatic rings. The van der Waals surface area contributed by atoms with Crippen molar-refractivity contribution in [2.24, 2.45) is 0 Å². The highest BCUT2D eigenvalue weighted by Gasteiger charge is 2.47. The molecule has 4 heterocycles. The monoisotopic (exact) mass is 405 g/mol. The molecule has 3 aliphatic rings. The van der Waals surface area contributed by atoms with Crippen molar-refractivity contribution in [3.05, 3.63) is 53.2 Å². The number of fused-ring (bicyclic) bond motifs is 5. The Morgan fingerprint density at radius 3 is 2.80 bits per heavy atom. The van der Waals surface area contributed by atoms with Crippen LogP contribution in [-0.2, 0) is 16.0 Å². The van der Waals surface area contributed by atoms with Gasteiger partial charge in [-0.1, -0.05) is 6.07 Å². The minimum atomic E-state index is -0.577. The number of nitrogens with zero attached hydrogens (tertiary/aromatic N) is 2. The average Bonchev–Trinajstić information content (AvgIpc) is 3.33. The van der Waals surface area contributed by atoms with Crippen LogP contribution in [0, 0.1) is 0 Å². The number of hydrogen-bond acceptors (Lipinski definition) is 5. The summed E-state index contributed by atoms with van der Waals surface area (Å²) in [5, 5.41) is 10.9. The fraction of sp³-hybridized carbons (Fsp3) is 0.273. The number of aromatic nitrogens is 1. The van der Waals surface area contributed by atoms with Crippen LogP contribution in [0.2, 0.25) is 0 Å². The molecule has 8 nitrogen and oxygen atoms in total. The molecular weight excluding hydrogens is 386 g/mol. The lowest BCUT2D eigenvalue weighted by atomic mass is 9.86. The van der Waals surface area contributed by atoms with Crippen molar-refractivity contribution in [3.8, 4) is 17.2 Å². The van der Waals surface area contributed by atoms with E-state index in [9.17, 15) is 14.7 Å². The molecule has 152 valence electrons. The summed E-state index contributed by atoms with van der Waals surface area (Å²) in [6.07, 6.45) is 0.427. The van der Waals surface area contributed by atoms with E-state index in [0.29, 0.717) is 17.9 Å². The number of benzene rings is 2. The molecule has 3 aliphatic heterocycles. The molecule has 30 heavy (non-hydrogen) atoms. The number of phenolic OH excluding ortho intramolecular Hbond substituents is 1. The van der Waals surface area contributed by atoms with Crippen molar-refractivity contribution in [1.82, 2.24) is 14.8 Å². The van der Waals surface area contributed by atoms with Gasteiger partial charge in [0.25, 0.3) is 0 Å². The lowest BCUT2D eigenvalue weighted by molar-refractivity contribution is -0.157. The van der Waals surface area contributed by atoms with Crippen LogP contribution in [-0.4, -0.2) is 58.1 Å². The number of phenols is 1. The Balaban J connectivity index is 1.59. The molecule has 2 atom stereocenters. The second-order valence-electron chi connectivity index (χ2n) is 7.98. The summed E-state index contributed by atoms with van der Waals surface area (Å²) in [6.45, 7) is 0.210. The number of carbonyl (C=O) groups is 2. The maximum absolute atomic E-state index is 13.1. The number of aromatic hydroxyl groups is 1. The molecule has 1 aromatic heterocycles. The van der Waals surface area contributed by atoms with Gasteiger partial charge in [-0.2, -0.15) is 0 Å². The van der Waals surface area contributed by atoms with Crippen molar-refractivity contribution < 1.29 is 24.2 Å². The van der Waals surface area contributed by atoms with Gasteiger partial charge in [0.1, 0.15) is 11.8 Å². The van der Waals surface area contributed by atoms with E-state index in [1.54, 1.807) is 24.1 Å². The SMILES string of the molecule is CN1CC(=O)N2C(Cc3c([nH]c4cc(O)ccc34)C2c2ccc3c(c2)OCO3)C1=O. The van der Waals surface area contributed by atoms with E-state index in [1.807, 2.05) is 24.3 Å². The molecule has 0 radical (unpaired) electrons. The number of H-pyrrole nitrogens is 1. The number of rotatable bonds is 1. The van der Waals surface area contributed by atoms with E-state index in [2.05, 4.69) is 4.98 Å². The van der Waals surface area contributed by atoms with Gasteiger partial charge in [-0.05, 0) is 35.4 Å². The predicted molar refractivity (Wildman–Crippen MR) is 106 cm³/mol. The van der Waals surface area contributed by atoms with Crippen molar-refractivity contribution in [2.75, 3.05) is 20.4 Å². The van der Waals surface area contributed by atoms with Gasteiger partial charge in [0.05, 0.1) is 12.6 Å². The number of carbonyl (C=O) groups excluding carboxylic acids is 2. The van der Waals surface area contributed by atoms with E-state index < -0.39 is 12.1 Å². The molecule has 2 N–H and O–H groups in total. The molecular formula is C22H19N3O5. The zero-order valence-electron chi connectivity index (χ0n) is 16.2. The van der Waals surface area contributed by atoms with E-state index in [-0.39, 0.29) is 30.9 Å².